The first-order chi connectivity index (χ1) is 9.76. The molecule has 21 heavy (non-hydrogen) atoms. The molecule has 1 aliphatic rings. The van der Waals surface area contributed by atoms with Gasteiger partial charge in [0.15, 0.2) is 0 Å². The van der Waals surface area contributed by atoms with Crippen LogP contribution in [-0.4, -0.2) is 32.6 Å². The number of amides is 1. The van der Waals surface area contributed by atoms with Crippen molar-refractivity contribution in [2.75, 3.05) is 0 Å². The first kappa shape index (κ1) is 14.0. The molecule has 2 aromatic heterocycles. The number of hydrogen-bond acceptors (Lipinski definition) is 4. The van der Waals surface area contributed by atoms with Gasteiger partial charge in [-0.2, -0.15) is 5.10 Å². The van der Waals surface area contributed by atoms with Crippen LogP contribution in [0.2, 0.25) is 0 Å². The molecule has 0 atom stereocenters. The minimum Gasteiger partial charge on any atom is -0.348 e. The third-order valence-corrected chi connectivity index (χ3v) is 4.94. The maximum absolute atomic E-state index is 12.6. The molecule has 0 bridgehead atoms. The number of rotatable bonds is 2. The molecule has 0 saturated heterocycles. The minimum absolute atomic E-state index is 0.0270. The second-order valence-electron chi connectivity index (χ2n) is 6.99. The normalized spacial score (nSPS) is 26.3. The highest BCUT2D eigenvalue weighted by Gasteiger charge is 2.60. The topological polar surface area (TPSA) is 85.3 Å². The van der Waals surface area contributed by atoms with Crippen LogP contribution in [0.25, 0.3) is 5.52 Å². The number of nitrogens with two attached hydrogens (primary N) is 1. The monoisotopic (exact) mass is 287 g/mol. The average Bonchev–Trinajstić information content (AvgIpc) is 2.87. The van der Waals surface area contributed by atoms with Crippen LogP contribution >= 0.6 is 0 Å². The lowest BCUT2D eigenvalue weighted by Gasteiger charge is -2.62. The molecule has 0 spiro atoms. The summed E-state index contributed by atoms with van der Waals surface area (Å²) in [5.74, 6) is -0.129. The number of nitrogens with one attached hydrogen (secondary N) is 1. The largest absolute Gasteiger partial charge is 0.348 e. The van der Waals surface area contributed by atoms with Crippen molar-refractivity contribution in [3.8, 4) is 0 Å². The molecule has 112 valence electrons. The van der Waals surface area contributed by atoms with Crippen molar-refractivity contribution in [2.45, 2.75) is 39.8 Å². The summed E-state index contributed by atoms with van der Waals surface area (Å²) in [7, 11) is 0. The maximum atomic E-state index is 12.6. The first-order valence-electron chi connectivity index (χ1n) is 7.10. The van der Waals surface area contributed by atoms with E-state index in [-0.39, 0.29) is 28.8 Å². The Bertz CT molecular complexity index is 687. The molecule has 1 aliphatic carbocycles. The molecule has 0 unspecified atom stereocenters. The van der Waals surface area contributed by atoms with Crippen molar-refractivity contribution < 1.29 is 4.79 Å². The minimum atomic E-state index is -0.129. The number of fused-ring (bicyclic) bond motifs is 1. The van der Waals surface area contributed by atoms with E-state index < -0.39 is 0 Å². The van der Waals surface area contributed by atoms with Gasteiger partial charge in [0.05, 0.1) is 23.5 Å². The lowest BCUT2D eigenvalue weighted by molar-refractivity contribution is -0.0663. The predicted octanol–water partition coefficient (Wildman–Crippen LogP) is 1.22. The molecule has 6 nitrogen and oxygen atoms in total. The molecule has 6 heteroatoms. The Morgan fingerprint density at radius 2 is 1.95 bits per heavy atom. The first-order valence-corrected chi connectivity index (χ1v) is 7.10. The van der Waals surface area contributed by atoms with Crippen molar-refractivity contribution in [3.63, 3.8) is 0 Å². The van der Waals surface area contributed by atoms with Crippen molar-refractivity contribution in [1.29, 1.82) is 0 Å². The van der Waals surface area contributed by atoms with E-state index in [1.54, 1.807) is 29.3 Å². The predicted molar refractivity (Wildman–Crippen MR) is 79.8 cm³/mol. The maximum Gasteiger partial charge on any atom is 0.255 e. The smallest absolute Gasteiger partial charge is 0.255 e. The summed E-state index contributed by atoms with van der Waals surface area (Å²) in [6.45, 7) is 8.36. The summed E-state index contributed by atoms with van der Waals surface area (Å²) in [6, 6.07) is 0.0833. The van der Waals surface area contributed by atoms with E-state index in [4.69, 9.17) is 5.73 Å². The van der Waals surface area contributed by atoms with Gasteiger partial charge in [0.2, 0.25) is 0 Å². The van der Waals surface area contributed by atoms with Crippen LogP contribution in [0.4, 0.5) is 0 Å². The second kappa shape index (κ2) is 4.27. The summed E-state index contributed by atoms with van der Waals surface area (Å²) >= 11 is 0. The van der Waals surface area contributed by atoms with Crippen molar-refractivity contribution in [2.24, 2.45) is 16.6 Å². The van der Waals surface area contributed by atoms with Gasteiger partial charge in [0.25, 0.3) is 5.91 Å². The number of aromatic nitrogens is 3. The molecule has 2 aromatic rings. The third kappa shape index (κ3) is 1.86. The molecule has 1 fully saturated rings. The van der Waals surface area contributed by atoms with Crippen LogP contribution in [-0.2, 0) is 0 Å². The zero-order valence-corrected chi connectivity index (χ0v) is 12.8. The van der Waals surface area contributed by atoms with Crippen molar-refractivity contribution in [3.05, 3.63) is 30.4 Å². The fraction of sp³-hybridized carbons (Fsp3) is 0.533. The van der Waals surface area contributed by atoms with Gasteiger partial charge in [-0.1, -0.05) is 27.7 Å². The van der Waals surface area contributed by atoms with Crippen LogP contribution in [0.3, 0.4) is 0 Å². The Hall–Kier alpha value is -1.95. The summed E-state index contributed by atoms with van der Waals surface area (Å²) in [5, 5.41) is 7.29. The number of hydrogen-bond donors (Lipinski definition) is 2. The summed E-state index contributed by atoms with van der Waals surface area (Å²) in [6.07, 6.45) is 6.58. The Balaban J connectivity index is 1.87. The third-order valence-electron chi connectivity index (χ3n) is 4.94. The zero-order valence-electron chi connectivity index (χ0n) is 12.8. The molecular formula is C15H21N5O. The van der Waals surface area contributed by atoms with E-state index in [9.17, 15) is 4.79 Å². The lowest BCUT2D eigenvalue weighted by Crippen LogP contribution is -2.76. The van der Waals surface area contributed by atoms with Gasteiger partial charge in [-0.3, -0.25) is 9.78 Å². The van der Waals surface area contributed by atoms with Crippen LogP contribution < -0.4 is 11.1 Å². The highest BCUT2D eigenvalue weighted by atomic mass is 16.1. The fourth-order valence-electron chi connectivity index (χ4n) is 3.77. The molecule has 1 saturated carbocycles. The molecule has 1 amide bonds. The Kier molecular flexibility index (Phi) is 2.85. The summed E-state index contributed by atoms with van der Waals surface area (Å²) < 4.78 is 1.64. The lowest BCUT2D eigenvalue weighted by atomic mass is 9.48. The standard InChI is InChI=1S/C15H21N5O/c1-14(2)12(16)15(3,4)13(14)19-11(21)9-7-18-20-6-5-17-8-10(9)20/h5-8,12-13H,16H2,1-4H3,(H,19,21). The van der Waals surface area contributed by atoms with Crippen LogP contribution in [0.15, 0.2) is 24.8 Å². The second-order valence-corrected chi connectivity index (χ2v) is 6.99. The number of carbonyl (C=O) groups is 1. The molecule has 3 rings (SSSR count). The quantitative estimate of drug-likeness (QED) is 0.869. The van der Waals surface area contributed by atoms with Gasteiger partial charge in [-0.05, 0) is 0 Å². The van der Waals surface area contributed by atoms with Crippen LogP contribution in [0, 0.1) is 10.8 Å². The van der Waals surface area contributed by atoms with Crippen molar-refractivity contribution >= 4 is 11.4 Å². The molecule has 0 aliphatic heterocycles. The zero-order chi connectivity index (χ0) is 15.4. The van der Waals surface area contributed by atoms with E-state index in [0.29, 0.717) is 11.1 Å². The van der Waals surface area contributed by atoms with E-state index >= 15 is 0 Å². The SMILES string of the molecule is CC1(C)C(N)C(C)(C)C1NC(=O)c1cnn2ccncc12. The highest BCUT2D eigenvalue weighted by Crippen LogP contribution is 2.52. The van der Waals surface area contributed by atoms with Gasteiger partial charge < -0.3 is 11.1 Å². The van der Waals surface area contributed by atoms with Crippen molar-refractivity contribution in [1.82, 2.24) is 19.9 Å². The average molecular weight is 287 g/mol. The van der Waals surface area contributed by atoms with E-state index in [0.717, 1.165) is 0 Å². The summed E-state index contributed by atoms with van der Waals surface area (Å²) in [5.41, 5.74) is 7.22. The van der Waals surface area contributed by atoms with E-state index in [1.807, 2.05) is 0 Å². The van der Waals surface area contributed by atoms with Gasteiger partial charge >= 0.3 is 0 Å². The molecule has 0 aromatic carbocycles. The van der Waals surface area contributed by atoms with Gasteiger partial charge in [0, 0.05) is 35.3 Å². The van der Waals surface area contributed by atoms with Crippen LogP contribution in [0.1, 0.15) is 38.1 Å². The molecule has 0 radical (unpaired) electrons. The Morgan fingerprint density at radius 1 is 1.29 bits per heavy atom. The van der Waals surface area contributed by atoms with E-state index in [2.05, 4.69) is 43.1 Å². The number of carbonyl (C=O) groups excluding carboxylic acids is 1. The molecular weight excluding hydrogens is 266 g/mol. The van der Waals surface area contributed by atoms with Crippen LogP contribution in [0.5, 0.6) is 0 Å². The van der Waals surface area contributed by atoms with Gasteiger partial charge in [-0.15, -0.1) is 0 Å². The fourth-order valence-corrected chi connectivity index (χ4v) is 3.77. The van der Waals surface area contributed by atoms with E-state index in [1.165, 1.54) is 0 Å². The molecule has 3 N–H and O–H groups in total. The Morgan fingerprint density at radius 3 is 2.62 bits per heavy atom. The molecule has 2 heterocycles. The summed E-state index contributed by atoms with van der Waals surface area (Å²) in [4.78, 5) is 16.6. The highest BCUT2D eigenvalue weighted by molar-refractivity contribution is 6.00. The van der Waals surface area contributed by atoms with Gasteiger partial charge in [0.1, 0.15) is 0 Å². The van der Waals surface area contributed by atoms with Gasteiger partial charge in [-0.25, -0.2) is 4.52 Å². The number of nitrogens with zero attached hydrogens (tertiary/aromatic N) is 3. The Labute approximate surface area is 123 Å².